The molecule has 336 valence electrons. The second-order valence-corrected chi connectivity index (χ2v) is 18.4. The maximum atomic E-state index is 12.3. The summed E-state index contributed by atoms with van der Waals surface area (Å²) in [6.07, 6.45) is 0. The van der Waals surface area contributed by atoms with E-state index in [0.29, 0.717) is 50.4 Å². The van der Waals surface area contributed by atoms with Crippen LogP contribution < -0.4 is 9.47 Å². The average Bonchev–Trinajstić information content (AvgIpc) is 3.88. The molecule has 0 atom stereocenters. The Morgan fingerprint density at radius 1 is 0.561 bits per heavy atom. The first-order valence-corrected chi connectivity index (χ1v) is 23.5. The van der Waals surface area contributed by atoms with Gasteiger partial charge in [0.25, 0.3) is 0 Å². The zero-order valence-electron chi connectivity index (χ0n) is 35.6. The van der Waals surface area contributed by atoms with Crippen molar-refractivity contribution in [3.63, 3.8) is 0 Å². The molecule has 6 aromatic carbocycles. The number of esters is 1. The molecule has 0 unspecified atom stereocenters. The van der Waals surface area contributed by atoms with E-state index < -0.39 is 5.97 Å². The Bertz CT molecular complexity index is 3080. The van der Waals surface area contributed by atoms with E-state index in [4.69, 9.17) is 60.6 Å². The molecular weight excluding hydrogens is 1050 g/mol. The molecule has 0 radical (unpaired) electrons. The van der Waals surface area contributed by atoms with Crippen LogP contribution in [0.3, 0.4) is 0 Å². The third kappa shape index (κ3) is 11.6. The fourth-order valence-corrected chi connectivity index (χ4v) is 8.84. The van der Waals surface area contributed by atoms with E-state index in [1.807, 2.05) is 115 Å². The summed E-state index contributed by atoms with van der Waals surface area (Å²) >= 11 is 31.8. The number of aromatic nitrogens is 2. The first kappa shape index (κ1) is 48.5. The van der Waals surface area contributed by atoms with Crippen LogP contribution in [0.5, 0.6) is 11.5 Å². The predicted octanol–water partition coefficient (Wildman–Crippen LogP) is 16.1. The van der Waals surface area contributed by atoms with Crippen molar-refractivity contribution in [3.8, 4) is 45.4 Å². The Hall–Kier alpha value is -5.46. The number of ether oxygens (including phenoxy) is 3. The van der Waals surface area contributed by atoms with Crippen molar-refractivity contribution >= 4 is 90.2 Å². The number of carboxylic acid groups (broad SMARTS) is 1. The topological polar surface area (TPSA) is 91.9 Å². The minimum atomic E-state index is -0.968. The second-order valence-electron chi connectivity index (χ2n) is 14.8. The monoisotopic (exact) mass is 1090 g/mol. The summed E-state index contributed by atoms with van der Waals surface area (Å²) in [6, 6.07) is 44.6. The molecule has 66 heavy (non-hydrogen) atoms. The molecule has 8 nitrogen and oxygen atoms in total. The van der Waals surface area contributed by atoms with Crippen LogP contribution in [0, 0.1) is 13.8 Å². The summed E-state index contributed by atoms with van der Waals surface area (Å²) in [4.78, 5) is 23.8. The van der Waals surface area contributed by atoms with Crippen molar-refractivity contribution in [1.82, 2.24) is 9.13 Å². The van der Waals surface area contributed by atoms with Crippen molar-refractivity contribution in [2.24, 2.45) is 0 Å². The van der Waals surface area contributed by atoms with E-state index in [1.54, 1.807) is 55.5 Å². The Labute approximate surface area is 419 Å². The molecule has 2 aromatic heterocycles. The van der Waals surface area contributed by atoms with Gasteiger partial charge in [0.2, 0.25) is 0 Å². The Kier molecular flexibility index (Phi) is 16.1. The van der Waals surface area contributed by atoms with Crippen LogP contribution in [-0.4, -0.2) is 32.8 Å². The fourth-order valence-electron chi connectivity index (χ4n) is 7.19. The van der Waals surface area contributed by atoms with E-state index in [0.717, 1.165) is 65.3 Å². The number of rotatable bonds is 13. The first-order chi connectivity index (χ1) is 31.7. The third-order valence-corrected chi connectivity index (χ3v) is 12.5. The van der Waals surface area contributed by atoms with Crippen LogP contribution in [0.15, 0.2) is 155 Å². The molecule has 0 aliphatic carbocycles. The maximum absolute atomic E-state index is 12.3. The Morgan fingerprint density at radius 2 is 1.02 bits per heavy atom. The molecule has 0 bridgehead atoms. The molecule has 0 aliphatic heterocycles. The van der Waals surface area contributed by atoms with Gasteiger partial charge in [-0.25, -0.2) is 9.59 Å². The average molecular weight is 1090 g/mol. The highest BCUT2D eigenvalue weighted by Gasteiger charge is 2.19. The number of aryl methyl sites for hydroxylation is 2. The molecular formula is C52H40Br2Cl4N2O6. The maximum Gasteiger partial charge on any atom is 0.338 e. The van der Waals surface area contributed by atoms with Crippen LogP contribution >= 0.6 is 78.3 Å². The molecule has 0 fully saturated rings. The number of carboxylic acids is 1. The van der Waals surface area contributed by atoms with Gasteiger partial charge >= 0.3 is 11.9 Å². The number of hydrogen-bond donors (Lipinski definition) is 1. The van der Waals surface area contributed by atoms with Gasteiger partial charge in [0.15, 0.2) is 0 Å². The molecule has 0 aliphatic rings. The zero-order valence-corrected chi connectivity index (χ0v) is 41.8. The summed E-state index contributed by atoms with van der Waals surface area (Å²) < 4.78 is 23.5. The molecule has 0 saturated carbocycles. The largest absolute Gasteiger partial charge is 0.488 e. The van der Waals surface area contributed by atoms with Gasteiger partial charge in [0.05, 0.1) is 29.1 Å². The van der Waals surface area contributed by atoms with Crippen LogP contribution in [0.1, 0.15) is 50.2 Å². The number of halogens is 6. The number of nitrogens with zero attached hydrogens (tertiary/aromatic N) is 2. The smallest absolute Gasteiger partial charge is 0.338 e. The van der Waals surface area contributed by atoms with Gasteiger partial charge in [-0.2, -0.15) is 0 Å². The molecule has 8 aromatic rings. The van der Waals surface area contributed by atoms with Crippen molar-refractivity contribution in [3.05, 3.63) is 208 Å². The molecule has 0 saturated heterocycles. The van der Waals surface area contributed by atoms with E-state index in [9.17, 15) is 14.7 Å². The van der Waals surface area contributed by atoms with E-state index in [-0.39, 0.29) is 18.1 Å². The van der Waals surface area contributed by atoms with Gasteiger partial charge in [-0.15, -0.1) is 0 Å². The van der Waals surface area contributed by atoms with E-state index >= 15 is 0 Å². The third-order valence-electron chi connectivity index (χ3n) is 10.4. The lowest BCUT2D eigenvalue weighted by Crippen LogP contribution is -2.07. The van der Waals surface area contributed by atoms with Gasteiger partial charge in [-0.3, -0.25) is 0 Å². The summed E-state index contributed by atoms with van der Waals surface area (Å²) in [5, 5.41) is 11.7. The Morgan fingerprint density at radius 3 is 1.45 bits per heavy atom. The van der Waals surface area contributed by atoms with Gasteiger partial charge in [0.1, 0.15) is 24.7 Å². The summed E-state index contributed by atoms with van der Waals surface area (Å²) in [6.45, 7) is 6.69. The van der Waals surface area contributed by atoms with Crippen molar-refractivity contribution in [1.29, 1.82) is 0 Å². The van der Waals surface area contributed by atoms with Crippen LogP contribution in [-0.2, 0) is 18.0 Å². The molecule has 2 heterocycles. The van der Waals surface area contributed by atoms with Gasteiger partial charge in [-0.1, -0.05) is 103 Å². The number of carbonyl (C=O) groups excluding carboxylic acids is 1. The van der Waals surface area contributed by atoms with E-state index in [1.165, 1.54) is 0 Å². The zero-order chi connectivity index (χ0) is 47.1. The minimum absolute atomic E-state index is 0.227. The summed E-state index contributed by atoms with van der Waals surface area (Å²) in [5.74, 6) is 0.0645. The summed E-state index contributed by atoms with van der Waals surface area (Å²) in [7, 11) is 0. The highest BCUT2D eigenvalue weighted by atomic mass is 79.9. The SMILES string of the molecule is CCOC(=O)c1cccc(-n2c(C)ccc2-c2cc(Br)ccc2OCc2ccc(Cl)cc2Cl)c1.Cc1ccc(-c2cc(Br)ccc2OCc2ccc(Cl)cc2Cl)n1-c1cccc(C(=O)O)c1. The van der Waals surface area contributed by atoms with Crippen molar-refractivity contribution in [2.45, 2.75) is 34.0 Å². The van der Waals surface area contributed by atoms with Crippen LogP contribution in [0.2, 0.25) is 20.1 Å². The molecule has 14 heteroatoms. The highest BCUT2D eigenvalue weighted by molar-refractivity contribution is 9.10. The van der Waals surface area contributed by atoms with E-state index in [2.05, 4.69) is 36.4 Å². The van der Waals surface area contributed by atoms with Crippen LogP contribution in [0.4, 0.5) is 0 Å². The van der Waals surface area contributed by atoms with Crippen molar-refractivity contribution in [2.75, 3.05) is 6.61 Å². The van der Waals surface area contributed by atoms with Gasteiger partial charge in [0, 0.05) is 74.1 Å². The normalized spacial score (nSPS) is 10.9. The molecule has 8 rings (SSSR count). The fraction of sp³-hybridized carbons (Fsp3) is 0.115. The predicted molar refractivity (Wildman–Crippen MR) is 272 cm³/mol. The standard InChI is InChI=1S/C27H22BrCl2NO3.C25H18BrCl2NO3/c1-3-33-27(32)18-5-4-6-22(13-18)31-17(2)7-11-25(31)23-14-20(28)9-12-26(23)34-16-19-8-10-21(29)15-24(19)30;1-15-5-9-23(29(15)20-4-2-3-16(11-20)25(30)31)21-12-18(26)7-10-24(21)32-14-17-6-8-19(27)13-22(17)28/h4-15H,3,16H2,1-2H3;2-13H,14H2,1H3,(H,30,31). The first-order valence-electron chi connectivity index (χ1n) is 20.4. The Balaban J connectivity index is 0.000000197. The lowest BCUT2D eigenvalue weighted by atomic mass is 10.1. The van der Waals surface area contributed by atoms with Gasteiger partial charge < -0.3 is 28.5 Å². The lowest BCUT2D eigenvalue weighted by Gasteiger charge is -2.17. The summed E-state index contributed by atoms with van der Waals surface area (Å²) in [5.41, 5.74) is 9.55. The lowest BCUT2D eigenvalue weighted by molar-refractivity contribution is 0.0525. The number of aromatic carboxylic acids is 1. The number of benzene rings is 6. The minimum Gasteiger partial charge on any atom is -0.488 e. The number of carbonyl (C=O) groups is 2. The highest BCUT2D eigenvalue weighted by Crippen LogP contribution is 2.39. The second kappa shape index (κ2) is 21.9. The van der Waals surface area contributed by atoms with Crippen LogP contribution in [0.25, 0.3) is 33.9 Å². The molecule has 0 spiro atoms. The molecule has 0 amide bonds. The van der Waals surface area contributed by atoms with Crippen molar-refractivity contribution < 1.29 is 28.9 Å². The molecule has 1 N–H and O–H groups in total. The quantitative estimate of drug-likeness (QED) is 0.116. The van der Waals surface area contributed by atoms with Gasteiger partial charge in [-0.05, 0) is 142 Å². The number of hydrogen-bond acceptors (Lipinski definition) is 5.